The van der Waals surface area contributed by atoms with Gasteiger partial charge in [-0.15, -0.1) is 0 Å². The van der Waals surface area contributed by atoms with Crippen molar-refractivity contribution in [3.05, 3.63) is 22.4 Å². The summed E-state index contributed by atoms with van der Waals surface area (Å²) in [6.45, 7) is 3.12. The lowest BCUT2D eigenvalue weighted by atomic mass is 9.81. The summed E-state index contributed by atoms with van der Waals surface area (Å²) in [5, 5.41) is 2.98. The molecular weight excluding hydrogens is 292 g/mol. The molecule has 100 valence electrons. The molecule has 1 aromatic heterocycles. The summed E-state index contributed by atoms with van der Waals surface area (Å²) in [5.41, 5.74) is 0.624. The minimum Gasteiger partial charge on any atom is -0.356 e. The highest BCUT2D eigenvalue weighted by Gasteiger charge is 2.18. The number of aromatic nitrogens is 1. The largest absolute Gasteiger partial charge is 0.356 e. The van der Waals surface area contributed by atoms with Crippen LogP contribution < -0.4 is 5.32 Å². The van der Waals surface area contributed by atoms with Gasteiger partial charge in [-0.05, 0) is 40.3 Å². The summed E-state index contributed by atoms with van der Waals surface area (Å²) in [4.78, 5) is 14.7. The van der Waals surface area contributed by atoms with Crippen molar-refractivity contribution in [2.75, 3.05) is 6.54 Å². The Labute approximate surface area is 117 Å². The average Bonchev–Trinajstić information content (AvgIpc) is 2.78. The lowest BCUT2D eigenvalue weighted by Gasteiger charge is -2.26. The number of rotatable bonds is 4. The number of carbonyl (C=O) groups is 1. The van der Waals surface area contributed by atoms with Crippen LogP contribution in [0.3, 0.4) is 0 Å². The maximum atomic E-state index is 11.8. The van der Waals surface area contributed by atoms with Crippen LogP contribution in [0.5, 0.6) is 0 Å². The second-order valence-corrected chi connectivity index (χ2v) is 6.32. The van der Waals surface area contributed by atoms with Crippen LogP contribution >= 0.6 is 15.9 Å². The molecule has 0 spiro atoms. The molecule has 1 aromatic rings. The topological polar surface area (TPSA) is 44.9 Å². The molecule has 0 aliphatic heterocycles. The quantitative estimate of drug-likeness (QED) is 0.874. The lowest BCUT2D eigenvalue weighted by Crippen LogP contribution is -2.27. The highest BCUT2D eigenvalue weighted by molar-refractivity contribution is 9.10. The molecule has 1 aliphatic rings. The van der Waals surface area contributed by atoms with Gasteiger partial charge in [0, 0.05) is 17.2 Å². The SMILES string of the molecule is CC1CCC(CCNC(=O)c2cc(Br)c[nH]2)CC1. The predicted molar refractivity (Wildman–Crippen MR) is 76.6 cm³/mol. The molecule has 2 rings (SSSR count). The Kier molecular flexibility index (Phi) is 4.87. The maximum Gasteiger partial charge on any atom is 0.267 e. The fourth-order valence-corrected chi connectivity index (χ4v) is 2.95. The molecule has 0 bridgehead atoms. The average molecular weight is 313 g/mol. The van der Waals surface area contributed by atoms with E-state index < -0.39 is 0 Å². The first-order valence-electron chi connectivity index (χ1n) is 6.77. The number of aromatic amines is 1. The van der Waals surface area contributed by atoms with Gasteiger partial charge >= 0.3 is 0 Å². The molecule has 1 aliphatic carbocycles. The Morgan fingerprint density at radius 1 is 1.44 bits per heavy atom. The Morgan fingerprint density at radius 2 is 2.17 bits per heavy atom. The van der Waals surface area contributed by atoms with Crippen molar-refractivity contribution in [1.29, 1.82) is 0 Å². The number of hydrogen-bond donors (Lipinski definition) is 2. The minimum absolute atomic E-state index is 0.00937. The monoisotopic (exact) mass is 312 g/mol. The molecule has 0 unspecified atom stereocenters. The number of amides is 1. The van der Waals surface area contributed by atoms with E-state index in [-0.39, 0.29) is 5.91 Å². The predicted octanol–water partition coefficient (Wildman–Crippen LogP) is 3.72. The second kappa shape index (κ2) is 6.41. The first-order valence-corrected chi connectivity index (χ1v) is 7.56. The Morgan fingerprint density at radius 3 is 2.78 bits per heavy atom. The molecule has 2 N–H and O–H groups in total. The molecule has 0 saturated heterocycles. The third-order valence-corrected chi connectivity index (χ3v) is 4.32. The normalized spacial score (nSPS) is 23.9. The van der Waals surface area contributed by atoms with Gasteiger partial charge in [0.1, 0.15) is 5.69 Å². The second-order valence-electron chi connectivity index (χ2n) is 5.40. The Balaban J connectivity index is 1.67. The van der Waals surface area contributed by atoms with E-state index in [2.05, 4.69) is 33.2 Å². The smallest absolute Gasteiger partial charge is 0.267 e. The zero-order valence-electron chi connectivity index (χ0n) is 10.8. The van der Waals surface area contributed by atoms with Crippen LogP contribution in [0.2, 0.25) is 0 Å². The van der Waals surface area contributed by atoms with Gasteiger partial charge in [-0.3, -0.25) is 4.79 Å². The van der Waals surface area contributed by atoms with Crippen molar-refractivity contribution in [2.45, 2.75) is 39.0 Å². The van der Waals surface area contributed by atoms with Crippen molar-refractivity contribution in [3.63, 3.8) is 0 Å². The van der Waals surface area contributed by atoms with Gasteiger partial charge in [0.25, 0.3) is 5.91 Å². The van der Waals surface area contributed by atoms with Crippen molar-refractivity contribution < 1.29 is 4.79 Å². The summed E-state index contributed by atoms with van der Waals surface area (Å²) in [6, 6.07) is 1.80. The number of halogens is 1. The number of H-pyrrole nitrogens is 1. The van der Waals surface area contributed by atoms with Crippen molar-refractivity contribution >= 4 is 21.8 Å². The number of hydrogen-bond acceptors (Lipinski definition) is 1. The van der Waals surface area contributed by atoms with Crippen molar-refractivity contribution in [1.82, 2.24) is 10.3 Å². The molecule has 0 atom stereocenters. The van der Waals surface area contributed by atoms with Crippen molar-refractivity contribution in [3.8, 4) is 0 Å². The zero-order chi connectivity index (χ0) is 13.0. The van der Waals surface area contributed by atoms with Gasteiger partial charge in [0.2, 0.25) is 0 Å². The zero-order valence-corrected chi connectivity index (χ0v) is 12.4. The standard InChI is InChI=1S/C14H21BrN2O/c1-10-2-4-11(5-3-10)6-7-16-14(18)13-8-12(15)9-17-13/h8-11,17H,2-7H2,1H3,(H,16,18). The summed E-state index contributed by atoms with van der Waals surface area (Å²) >= 11 is 3.33. The fraction of sp³-hybridized carbons (Fsp3) is 0.643. The third kappa shape index (κ3) is 3.87. The summed E-state index contributed by atoms with van der Waals surface area (Å²) in [5.74, 6) is 1.69. The van der Waals surface area contributed by atoms with Gasteiger partial charge in [0.15, 0.2) is 0 Å². The first-order chi connectivity index (χ1) is 8.65. The molecule has 18 heavy (non-hydrogen) atoms. The van der Waals surface area contributed by atoms with Crippen LogP contribution in [0.25, 0.3) is 0 Å². The molecular formula is C14H21BrN2O. The Hall–Kier alpha value is -0.770. The van der Waals surface area contributed by atoms with Crippen LogP contribution in [0.4, 0.5) is 0 Å². The van der Waals surface area contributed by atoms with Crippen LogP contribution in [0.15, 0.2) is 16.7 Å². The lowest BCUT2D eigenvalue weighted by molar-refractivity contribution is 0.0945. The van der Waals surface area contributed by atoms with Crippen molar-refractivity contribution in [2.24, 2.45) is 11.8 Å². The van der Waals surface area contributed by atoms with E-state index in [9.17, 15) is 4.79 Å². The van der Waals surface area contributed by atoms with E-state index in [4.69, 9.17) is 0 Å². The molecule has 1 saturated carbocycles. The molecule has 1 heterocycles. The molecule has 1 amide bonds. The van der Waals surface area contributed by atoms with Gasteiger partial charge in [-0.25, -0.2) is 0 Å². The molecule has 1 fully saturated rings. The summed E-state index contributed by atoms with van der Waals surface area (Å²) in [6.07, 6.45) is 8.23. The molecule has 4 heteroatoms. The minimum atomic E-state index is -0.00937. The fourth-order valence-electron chi connectivity index (χ4n) is 2.60. The van der Waals surface area contributed by atoms with Gasteiger partial charge < -0.3 is 10.3 Å². The third-order valence-electron chi connectivity index (χ3n) is 3.87. The molecule has 0 aromatic carbocycles. The molecule has 0 radical (unpaired) electrons. The van der Waals surface area contributed by atoms with Gasteiger partial charge in [-0.2, -0.15) is 0 Å². The van der Waals surface area contributed by atoms with Crippen LogP contribution in [-0.4, -0.2) is 17.4 Å². The molecule has 3 nitrogen and oxygen atoms in total. The first kappa shape index (κ1) is 13.7. The summed E-state index contributed by atoms with van der Waals surface area (Å²) < 4.78 is 0.911. The Bertz CT molecular complexity index is 394. The maximum absolute atomic E-state index is 11.8. The number of carbonyl (C=O) groups excluding carboxylic acids is 1. The van der Waals surface area contributed by atoms with Crippen LogP contribution in [0, 0.1) is 11.8 Å². The van der Waals surface area contributed by atoms with Crippen LogP contribution in [0.1, 0.15) is 49.5 Å². The summed E-state index contributed by atoms with van der Waals surface area (Å²) in [7, 11) is 0. The number of nitrogens with one attached hydrogen (secondary N) is 2. The highest BCUT2D eigenvalue weighted by Crippen LogP contribution is 2.29. The van der Waals surface area contributed by atoms with E-state index in [1.807, 2.05) is 0 Å². The van der Waals surface area contributed by atoms with E-state index in [0.29, 0.717) is 5.69 Å². The van der Waals surface area contributed by atoms with E-state index in [1.165, 1.54) is 25.7 Å². The van der Waals surface area contributed by atoms with E-state index in [1.54, 1.807) is 12.3 Å². The van der Waals surface area contributed by atoms with E-state index in [0.717, 1.165) is 29.3 Å². The highest BCUT2D eigenvalue weighted by atomic mass is 79.9. The van der Waals surface area contributed by atoms with Gasteiger partial charge in [0.05, 0.1) is 0 Å². The van der Waals surface area contributed by atoms with Crippen LogP contribution in [-0.2, 0) is 0 Å². The van der Waals surface area contributed by atoms with Gasteiger partial charge in [-0.1, -0.05) is 32.6 Å². The van der Waals surface area contributed by atoms with E-state index >= 15 is 0 Å².